The largest absolute Gasteiger partial charge is 0.307 e. The van der Waals surface area contributed by atoms with Crippen molar-refractivity contribution in [3.05, 3.63) is 46.8 Å². The smallest absolute Gasteiger partial charge is 0.0680 e. The van der Waals surface area contributed by atoms with Crippen LogP contribution in [0.4, 0.5) is 0 Å². The van der Waals surface area contributed by atoms with E-state index in [-0.39, 0.29) is 0 Å². The van der Waals surface area contributed by atoms with E-state index in [1.54, 1.807) is 0 Å². The Morgan fingerprint density at radius 2 is 2.00 bits per heavy atom. The summed E-state index contributed by atoms with van der Waals surface area (Å²) in [7, 11) is 0. The lowest BCUT2D eigenvalue weighted by Crippen LogP contribution is -2.37. The predicted octanol–water partition coefficient (Wildman–Crippen LogP) is 4.35. The van der Waals surface area contributed by atoms with Crippen molar-refractivity contribution in [1.82, 2.24) is 15.1 Å². The Kier molecular flexibility index (Phi) is 4.68. The Morgan fingerprint density at radius 3 is 2.83 bits per heavy atom. The highest BCUT2D eigenvalue weighted by atomic mass is 32.2. The lowest BCUT2D eigenvalue weighted by atomic mass is 9.91. The quantitative estimate of drug-likeness (QED) is 0.900. The minimum Gasteiger partial charge on any atom is -0.307 e. The Labute approximate surface area is 149 Å². The molecule has 1 saturated heterocycles. The predicted molar refractivity (Wildman–Crippen MR) is 102 cm³/mol. The molecule has 24 heavy (non-hydrogen) atoms. The molecule has 2 aliphatic rings. The molecule has 3 nitrogen and oxygen atoms in total. The molecule has 128 valence electrons. The van der Waals surface area contributed by atoms with Crippen LogP contribution in [-0.2, 0) is 6.42 Å². The van der Waals surface area contributed by atoms with Crippen molar-refractivity contribution in [2.24, 2.45) is 0 Å². The first kappa shape index (κ1) is 16.2. The highest BCUT2D eigenvalue weighted by molar-refractivity contribution is 7.99. The first-order chi connectivity index (χ1) is 11.7. The van der Waals surface area contributed by atoms with E-state index in [4.69, 9.17) is 5.10 Å². The third kappa shape index (κ3) is 3.02. The Hall–Kier alpha value is -1.26. The number of thioether (sulfide) groups is 1. The van der Waals surface area contributed by atoms with Crippen LogP contribution in [0.15, 0.2) is 24.4 Å². The molecule has 1 fully saturated rings. The molecule has 2 aromatic rings. The SMILES string of the molecule is Cc1cccc(-n2ncc3c2CCC[C@H]3NC2CCSCC2)c1C. The average molecular weight is 342 g/mol. The number of nitrogens with zero attached hydrogens (tertiary/aromatic N) is 2. The van der Waals surface area contributed by atoms with Crippen molar-refractivity contribution in [2.75, 3.05) is 11.5 Å². The normalized spacial score (nSPS) is 21.7. The van der Waals surface area contributed by atoms with Gasteiger partial charge in [-0.05, 0) is 74.7 Å². The summed E-state index contributed by atoms with van der Waals surface area (Å²) in [5, 5.41) is 8.72. The molecule has 4 rings (SSSR count). The maximum Gasteiger partial charge on any atom is 0.0680 e. The van der Waals surface area contributed by atoms with Gasteiger partial charge in [0.25, 0.3) is 0 Å². The molecule has 0 radical (unpaired) electrons. The van der Waals surface area contributed by atoms with Crippen LogP contribution in [0.5, 0.6) is 0 Å². The number of rotatable bonds is 3. The van der Waals surface area contributed by atoms with E-state index in [1.165, 1.54) is 65.3 Å². The maximum absolute atomic E-state index is 4.79. The molecular formula is C20H27N3S. The van der Waals surface area contributed by atoms with Crippen LogP contribution in [-0.4, -0.2) is 27.3 Å². The molecule has 1 aliphatic carbocycles. The zero-order valence-corrected chi connectivity index (χ0v) is 15.5. The van der Waals surface area contributed by atoms with E-state index in [9.17, 15) is 0 Å². The van der Waals surface area contributed by atoms with Gasteiger partial charge in [-0.2, -0.15) is 16.9 Å². The van der Waals surface area contributed by atoms with Crippen LogP contribution < -0.4 is 5.32 Å². The zero-order chi connectivity index (χ0) is 16.5. The van der Waals surface area contributed by atoms with Crippen LogP contribution in [0.3, 0.4) is 0 Å². The topological polar surface area (TPSA) is 29.9 Å². The van der Waals surface area contributed by atoms with E-state index < -0.39 is 0 Å². The second-order valence-corrected chi connectivity index (χ2v) is 8.40. The second-order valence-electron chi connectivity index (χ2n) is 7.18. The van der Waals surface area contributed by atoms with Crippen molar-refractivity contribution >= 4 is 11.8 Å². The molecule has 1 atom stereocenters. The van der Waals surface area contributed by atoms with Crippen molar-refractivity contribution in [1.29, 1.82) is 0 Å². The van der Waals surface area contributed by atoms with Crippen molar-refractivity contribution < 1.29 is 0 Å². The van der Waals surface area contributed by atoms with Gasteiger partial charge in [-0.15, -0.1) is 0 Å². The van der Waals surface area contributed by atoms with Crippen molar-refractivity contribution in [2.45, 2.75) is 58.0 Å². The van der Waals surface area contributed by atoms with Crippen LogP contribution in [0.2, 0.25) is 0 Å². The molecule has 1 aromatic carbocycles. The van der Waals surface area contributed by atoms with Gasteiger partial charge < -0.3 is 5.32 Å². The van der Waals surface area contributed by atoms with Gasteiger partial charge in [0.15, 0.2) is 0 Å². The van der Waals surface area contributed by atoms with Crippen LogP contribution in [0.25, 0.3) is 5.69 Å². The van der Waals surface area contributed by atoms with Crippen molar-refractivity contribution in [3.63, 3.8) is 0 Å². The molecule has 0 spiro atoms. The van der Waals surface area contributed by atoms with E-state index >= 15 is 0 Å². The summed E-state index contributed by atoms with van der Waals surface area (Å²) in [6.45, 7) is 4.39. The van der Waals surface area contributed by atoms with Gasteiger partial charge in [0.05, 0.1) is 11.9 Å². The Bertz CT molecular complexity index is 716. The molecule has 4 heteroatoms. The first-order valence-corrected chi connectivity index (χ1v) is 10.4. The molecular weight excluding hydrogens is 314 g/mol. The summed E-state index contributed by atoms with van der Waals surface area (Å²) in [6, 6.07) is 7.70. The summed E-state index contributed by atoms with van der Waals surface area (Å²) in [6.07, 6.45) is 8.37. The fourth-order valence-corrected chi connectivity index (χ4v) is 5.16. The monoisotopic (exact) mass is 341 g/mol. The van der Waals surface area contributed by atoms with Crippen LogP contribution in [0, 0.1) is 13.8 Å². The molecule has 0 unspecified atom stereocenters. The highest BCUT2D eigenvalue weighted by Gasteiger charge is 2.27. The van der Waals surface area contributed by atoms with Gasteiger partial charge in [-0.1, -0.05) is 12.1 Å². The third-order valence-electron chi connectivity index (χ3n) is 5.65. The Morgan fingerprint density at radius 1 is 1.17 bits per heavy atom. The van der Waals surface area contributed by atoms with Gasteiger partial charge in [-0.3, -0.25) is 0 Å². The van der Waals surface area contributed by atoms with Gasteiger partial charge in [-0.25, -0.2) is 4.68 Å². The maximum atomic E-state index is 4.79. The minimum atomic E-state index is 0.487. The molecule has 0 bridgehead atoms. The number of hydrogen-bond donors (Lipinski definition) is 1. The third-order valence-corrected chi connectivity index (χ3v) is 6.69. The zero-order valence-electron chi connectivity index (χ0n) is 14.7. The number of benzene rings is 1. The molecule has 0 saturated carbocycles. The van der Waals surface area contributed by atoms with E-state index in [0.717, 1.165) is 6.42 Å². The van der Waals surface area contributed by atoms with Crippen LogP contribution >= 0.6 is 11.8 Å². The minimum absolute atomic E-state index is 0.487. The van der Waals surface area contributed by atoms with Crippen LogP contribution in [0.1, 0.15) is 54.1 Å². The summed E-state index contributed by atoms with van der Waals surface area (Å²) in [4.78, 5) is 0. The van der Waals surface area contributed by atoms with Gasteiger partial charge in [0.1, 0.15) is 0 Å². The Balaban J connectivity index is 1.63. The van der Waals surface area contributed by atoms with Gasteiger partial charge >= 0.3 is 0 Å². The summed E-state index contributed by atoms with van der Waals surface area (Å²) in [5.41, 5.74) is 6.76. The first-order valence-electron chi connectivity index (χ1n) is 9.21. The number of nitrogens with one attached hydrogen (secondary N) is 1. The lowest BCUT2D eigenvalue weighted by molar-refractivity contribution is 0.377. The van der Waals surface area contributed by atoms with E-state index in [1.807, 2.05) is 0 Å². The molecule has 1 aromatic heterocycles. The molecule has 1 aliphatic heterocycles. The molecule has 0 amide bonds. The molecule has 1 N–H and O–H groups in total. The van der Waals surface area contributed by atoms with Gasteiger partial charge in [0.2, 0.25) is 0 Å². The fourth-order valence-electron chi connectivity index (χ4n) is 4.05. The highest BCUT2D eigenvalue weighted by Crippen LogP contribution is 2.33. The fraction of sp³-hybridized carbons (Fsp3) is 0.550. The number of hydrogen-bond acceptors (Lipinski definition) is 3. The van der Waals surface area contributed by atoms with E-state index in [2.05, 4.69) is 60.0 Å². The number of aryl methyl sites for hydroxylation is 1. The average Bonchev–Trinajstić information content (AvgIpc) is 3.03. The number of fused-ring (bicyclic) bond motifs is 1. The summed E-state index contributed by atoms with van der Waals surface area (Å²) in [5.74, 6) is 2.61. The molecule has 2 heterocycles. The standard InChI is InChI=1S/C20H27N3S/c1-14-5-3-7-19(15(14)2)23-20-8-4-6-18(17(20)13-21-23)22-16-9-11-24-12-10-16/h3,5,7,13,16,18,22H,4,6,8-12H2,1-2H3/t18-/m1/s1. The lowest BCUT2D eigenvalue weighted by Gasteiger charge is -2.31. The van der Waals surface area contributed by atoms with Gasteiger partial charge in [0, 0.05) is 23.3 Å². The number of aromatic nitrogens is 2. The summed E-state index contributed by atoms with van der Waals surface area (Å²) >= 11 is 2.09. The van der Waals surface area contributed by atoms with Crippen molar-refractivity contribution in [3.8, 4) is 5.69 Å². The second kappa shape index (κ2) is 6.93. The van der Waals surface area contributed by atoms with E-state index in [0.29, 0.717) is 12.1 Å². The summed E-state index contributed by atoms with van der Waals surface area (Å²) < 4.78 is 2.20.